The first kappa shape index (κ1) is 14.9. The van der Waals surface area contributed by atoms with E-state index in [1.54, 1.807) is 0 Å². The van der Waals surface area contributed by atoms with E-state index in [2.05, 4.69) is 40.1 Å². The minimum atomic E-state index is -1.15. The van der Waals surface area contributed by atoms with Crippen molar-refractivity contribution in [1.29, 1.82) is 0 Å². The van der Waals surface area contributed by atoms with Gasteiger partial charge in [-0.2, -0.15) is 0 Å². The van der Waals surface area contributed by atoms with Crippen LogP contribution in [0.5, 0.6) is 0 Å². The molecule has 22 heavy (non-hydrogen) atoms. The molecule has 0 unspecified atom stereocenters. The molecule has 2 aromatic heterocycles. The number of nitrogens with zero attached hydrogens (tertiary/aromatic N) is 9. The monoisotopic (exact) mass is 307 g/mol. The first-order valence-electron chi connectivity index (χ1n) is 5.65. The third-order valence-corrected chi connectivity index (χ3v) is 2.44. The molecule has 0 radical (unpaired) electrons. The van der Waals surface area contributed by atoms with E-state index >= 15 is 0 Å². The summed E-state index contributed by atoms with van der Waals surface area (Å²) < 4.78 is 11.1. The van der Waals surface area contributed by atoms with Crippen LogP contribution in [0.25, 0.3) is 10.4 Å². The van der Waals surface area contributed by atoms with Crippen molar-refractivity contribution in [2.75, 3.05) is 14.2 Å². The molecule has 0 aliphatic heterocycles. The Morgan fingerprint density at radius 1 is 1.14 bits per heavy atom. The molecule has 13 heteroatoms. The van der Waals surface area contributed by atoms with Gasteiger partial charge in [0, 0.05) is 4.91 Å². The SMILES string of the molecule is COC(=O)c1cn(C(N=[N+]=[N-])n2cc(C(=O)OC)nn2)nn1. The quantitative estimate of drug-likeness (QED) is 0.316. The van der Waals surface area contributed by atoms with Crippen molar-refractivity contribution in [2.24, 2.45) is 5.11 Å². The lowest BCUT2D eigenvalue weighted by molar-refractivity contribution is 0.0585. The average molecular weight is 307 g/mol. The number of methoxy groups -OCH3 is 2. The molecule has 13 nitrogen and oxygen atoms in total. The zero-order chi connectivity index (χ0) is 16.1. The van der Waals surface area contributed by atoms with Crippen LogP contribution in [0.3, 0.4) is 0 Å². The van der Waals surface area contributed by atoms with Gasteiger partial charge in [-0.1, -0.05) is 10.4 Å². The molecule has 2 heterocycles. The Morgan fingerprint density at radius 3 is 1.95 bits per heavy atom. The molecule has 0 saturated heterocycles. The fraction of sp³-hybridized carbons (Fsp3) is 0.333. The van der Waals surface area contributed by atoms with Gasteiger partial charge in [0.25, 0.3) is 0 Å². The molecule has 2 rings (SSSR count). The molecule has 0 atom stereocenters. The van der Waals surface area contributed by atoms with Crippen molar-refractivity contribution in [3.8, 4) is 0 Å². The Morgan fingerprint density at radius 2 is 1.59 bits per heavy atom. The summed E-state index contributed by atoms with van der Waals surface area (Å²) >= 11 is 0. The maximum Gasteiger partial charge on any atom is 0.360 e. The van der Waals surface area contributed by atoms with E-state index in [0.29, 0.717) is 0 Å². The lowest BCUT2D eigenvalue weighted by atomic mass is 10.5. The third kappa shape index (κ3) is 2.83. The van der Waals surface area contributed by atoms with Crippen molar-refractivity contribution in [3.63, 3.8) is 0 Å². The first-order chi connectivity index (χ1) is 10.6. The highest BCUT2D eigenvalue weighted by molar-refractivity contribution is 5.87. The Hall–Kier alpha value is -3.47. The Labute approximate surface area is 122 Å². The lowest BCUT2D eigenvalue weighted by Crippen LogP contribution is -2.17. The molecule has 0 saturated carbocycles. The average Bonchev–Trinajstić information content (AvgIpc) is 3.20. The van der Waals surface area contributed by atoms with Crippen LogP contribution in [0, 0.1) is 0 Å². The first-order valence-corrected chi connectivity index (χ1v) is 5.65. The summed E-state index contributed by atoms with van der Waals surface area (Å²) in [6.45, 7) is 0. The van der Waals surface area contributed by atoms with Crippen LogP contribution in [0.4, 0.5) is 0 Å². The van der Waals surface area contributed by atoms with Gasteiger partial charge in [0.05, 0.1) is 26.6 Å². The highest BCUT2D eigenvalue weighted by atomic mass is 16.5. The molecule has 0 spiro atoms. The summed E-state index contributed by atoms with van der Waals surface area (Å²) in [5.74, 6) is -1.42. The van der Waals surface area contributed by atoms with Crippen LogP contribution in [0.15, 0.2) is 17.5 Å². The minimum Gasteiger partial charge on any atom is -0.464 e. The van der Waals surface area contributed by atoms with Crippen LogP contribution in [0.2, 0.25) is 0 Å². The number of azide groups is 1. The number of carbonyl (C=O) groups excluding carboxylic acids is 2. The third-order valence-electron chi connectivity index (χ3n) is 2.44. The molecule has 0 aliphatic carbocycles. The standard InChI is InChI=1S/C9H9N9O4/c1-21-7(19)5-3-17(15-11-5)9(13-14-10)18-4-6(12-16-18)8(20)22-2/h3-4,9H,1-2H3. The minimum absolute atomic E-state index is 0.0889. The molecule has 0 fully saturated rings. The molecule has 114 valence electrons. The van der Waals surface area contributed by atoms with Gasteiger partial charge in [0.2, 0.25) is 6.29 Å². The fourth-order valence-electron chi connectivity index (χ4n) is 1.45. The van der Waals surface area contributed by atoms with E-state index in [1.165, 1.54) is 26.6 Å². The Balaban J connectivity index is 2.36. The highest BCUT2D eigenvalue weighted by Gasteiger charge is 2.20. The van der Waals surface area contributed by atoms with Gasteiger partial charge in [-0.25, -0.2) is 19.0 Å². The molecule has 0 aromatic carbocycles. The van der Waals surface area contributed by atoms with E-state index < -0.39 is 18.2 Å². The number of hydrogen-bond acceptors (Lipinski definition) is 9. The van der Waals surface area contributed by atoms with Crippen molar-refractivity contribution in [3.05, 3.63) is 34.2 Å². The van der Waals surface area contributed by atoms with Gasteiger partial charge >= 0.3 is 11.9 Å². The largest absolute Gasteiger partial charge is 0.464 e. The number of hydrogen-bond donors (Lipinski definition) is 0. The Bertz CT molecular complexity index is 690. The molecule has 2 aromatic rings. The molecular weight excluding hydrogens is 298 g/mol. The van der Waals surface area contributed by atoms with Crippen molar-refractivity contribution in [1.82, 2.24) is 30.0 Å². The second kappa shape index (κ2) is 6.32. The number of aromatic nitrogens is 6. The topological polar surface area (TPSA) is 163 Å². The summed E-state index contributed by atoms with van der Waals surface area (Å²) in [6.07, 6.45) is 1.25. The van der Waals surface area contributed by atoms with E-state index in [1.807, 2.05) is 0 Å². The maximum atomic E-state index is 11.3. The predicted octanol–water partition coefficient (Wildman–Crippen LogP) is -0.243. The van der Waals surface area contributed by atoms with Gasteiger partial charge in [0.1, 0.15) is 0 Å². The van der Waals surface area contributed by atoms with Crippen molar-refractivity contribution in [2.45, 2.75) is 6.29 Å². The zero-order valence-corrected chi connectivity index (χ0v) is 11.4. The van der Waals surface area contributed by atoms with E-state index in [9.17, 15) is 9.59 Å². The second-order valence-corrected chi connectivity index (χ2v) is 3.70. The molecule has 0 N–H and O–H groups in total. The van der Waals surface area contributed by atoms with Crippen LogP contribution in [0.1, 0.15) is 27.3 Å². The molecule has 0 aliphatic rings. The Kier molecular flexibility index (Phi) is 4.29. The van der Waals surface area contributed by atoms with Crippen LogP contribution >= 0.6 is 0 Å². The van der Waals surface area contributed by atoms with Gasteiger partial charge in [-0.3, -0.25) is 0 Å². The van der Waals surface area contributed by atoms with Crippen LogP contribution < -0.4 is 0 Å². The van der Waals surface area contributed by atoms with E-state index in [4.69, 9.17) is 5.53 Å². The van der Waals surface area contributed by atoms with Crippen molar-refractivity contribution >= 4 is 11.9 Å². The second-order valence-electron chi connectivity index (χ2n) is 3.70. The number of esters is 2. The van der Waals surface area contributed by atoms with Gasteiger partial charge in [0.15, 0.2) is 11.4 Å². The van der Waals surface area contributed by atoms with Gasteiger partial charge in [-0.05, 0) is 10.6 Å². The van der Waals surface area contributed by atoms with Crippen molar-refractivity contribution < 1.29 is 19.1 Å². The number of ether oxygens (including phenoxy) is 2. The fourth-order valence-corrected chi connectivity index (χ4v) is 1.45. The molecular formula is C9H9N9O4. The zero-order valence-electron chi connectivity index (χ0n) is 11.4. The summed E-state index contributed by atoms with van der Waals surface area (Å²) in [5.41, 5.74) is 8.46. The lowest BCUT2D eigenvalue weighted by Gasteiger charge is -2.09. The summed E-state index contributed by atoms with van der Waals surface area (Å²) in [6, 6.07) is 0. The molecule has 0 amide bonds. The number of carbonyl (C=O) groups is 2. The maximum absolute atomic E-state index is 11.3. The summed E-state index contributed by atoms with van der Waals surface area (Å²) in [7, 11) is 2.37. The normalized spacial score (nSPS) is 10.1. The molecule has 0 bridgehead atoms. The number of rotatable bonds is 5. The van der Waals surface area contributed by atoms with Gasteiger partial charge in [-0.15, -0.1) is 10.2 Å². The summed E-state index contributed by atoms with van der Waals surface area (Å²) in [5, 5.41) is 17.9. The van der Waals surface area contributed by atoms with Crippen LogP contribution in [-0.4, -0.2) is 56.1 Å². The van der Waals surface area contributed by atoms with E-state index in [0.717, 1.165) is 9.36 Å². The van der Waals surface area contributed by atoms with E-state index in [-0.39, 0.29) is 11.4 Å². The van der Waals surface area contributed by atoms with Crippen LogP contribution in [-0.2, 0) is 9.47 Å². The smallest absolute Gasteiger partial charge is 0.360 e. The van der Waals surface area contributed by atoms with Gasteiger partial charge < -0.3 is 9.47 Å². The summed E-state index contributed by atoms with van der Waals surface area (Å²) in [4.78, 5) is 25.3. The predicted molar refractivity (Wildman–Crippen MR) is 66.3 cm³/mol. The highest BCUT2D eigenvalue weighted by Crippen LogP contribution is 2.11.